The number of primary amides is 1. The topological polar surface area (TPSA) is 81.2 Å². The molecule has 27 heavy (non-hydrogen) atoms. The van der Waals surface area contributed by atoms with E-state index in [0.717, 1.165) is 30.5 Å². The van der Waals surface area contributed by atoms with Crippen LogP contribution in [0.15, 0.2) is 30.5 Å². The number of hydrogen-bond donors (Lipinski definition) is 1. The number of carbonyl (C=O) groups is 2. The smallest absolute Gasteiger partial charge is 0.369 e. The van der Waals surface area contributed by atoms with E-state index >= 15 is 0 Å². The molecule has 1 aliphatic rings. The first-order chi connectivity index (χ1) is 12.7. The van der Waals surface area contributed by atoms with Crippen LogP contribution in [0.1, 0.15) is 28.9 Å². The largest absolute Gasteiger partial charge is 0.434 e. The number of likely N-dealkylation sites (tertiary alicyclic amines) is 1. The van der Waals surface area contributed by atoms with Crippen molar-refractivity contribution in [2.75, 3.05) is 13.1 Å². The van der Waals surface area contributed by atoms with Gasteiger partial charge in [0.05, 0.1) is 23.4 Å². The van der Waals surface area contributed by atoms with Crippen molar-refractivity contribution in [3.8, 4) is 5.69 Å². The van der Waals surface area contributed by atoms with Crippen LogP contribution >= 0.6 is 0 Å². The van der Waals surface area contributed by atoms with Gasteiger partial charge in [0.25, 0.3) is 5.91 Å². The second kappa shape index (κ2) is 7.01. The first-order valence-corrected chi connectivity index (χ1v) is 8.18. The molecular formula is C17H16F4N4O2. The van der Waals surface area contributed by atoms with Crippen LogP contribution in [-0.4, -0.2) is 39.6 Å². The van der Waals surface area contributed by atoms with Crippen molar-refractivity contribution < 1.29 is 27.2 Å². The average molecular weight is 384 g/mol. The van der Waals surface area contributed by atoms with Crippen molar-refractivity contribution in [1.82, 2.24) is 14.7 Å². The summed E-state index contributed by atoms with van der Waals surface area (Å²) in [5.74, 6) is -2.67. The van der Waals surface area contributed by atoms with Gasteiger partial charge in [0.2, 0.25) is 5.91 Å². The third kappa shape index (κ3) is 3.79. The van der Waals surface area contributed by atoms with E-state index in [1.165, 1.54) is 4.90 Å². The van der Waals surface area contributed by atoms with Crippen LogP contribution in [0, 0.1) is 11.7 Å². The van der Waals surface area contributed by atoms with Crippen molar-refractivity contribution in [3.63, 3.8) is 0 Å². The number of nitrogens with two attached hydrogens (primary N) is 1. The Bertz CT molecular complexity index is 861. The molecule has 1 fully saturated rings. The zero-order chi connectivity index (χ0) is 19.8. The number of hydrogen-bond acceptors (Lipinski definition) is 3. The van der Waals surface area contributed by atoms with Gasteiger partial charge in [0.1, 0.15) is 5.82 Å². The summed E-state index contributed by atoms with van der Waals surface area (Å²) in [5.41, 5.74) is 3.35. The zero-order valence-electron chi connectivity index (χ0n) is 14.0. The summed E-state index contributed by atoms with van der Waals surface area (Å²) in [7, 11) is 0. The lowest BCUT2D eigenvalue weighted by Crippen LogP contribution is -2.44. The summed E-state index contributed by atoms with van der Waals surface area (Å²) in [6, 6.07) is 4.27. The van der Waals surface area contributed by atoms with Crippen molar-refractivity contribution in [3.05, 3.63) is 47.5 Å². The fraction of sp³-hybridized carbons (Fsp3) is 0.353. The molecule has 0 bridgehead atoms. The fourth-order valence-corrected chi connectivity index (χ4v) is 3.12. The first-order valence-electron chi connectivity index (χ1n) is 8.18. The van der Waals surface area contributed by atoms with Gasteiger partial charge in [-0.15, -0.1) is 0 Å². The van der Waals surface area contributed by atoms with E-state index in [0.29, 0.717) is 17.5 Å². The van der Waals surface area contributed by atoms with Crippen LogP contribution in [0.25, 0.3) is 5.69 Å². The number of halogens is 4. The third-order valence-electron chi connectivity index (χ3n) is 4.45. The Kier molecular flexibility index (Phi) is 4.90. The molecule has 1 unspecified atom stereocenters. The van der Waals surface area contributed by atoms with Gasteiger partial charge in [-0.05, 0) is 37.1 Å². The molecule has 6 nitrogen and oxygen atoms in total. The second-order valence-corrected chi connectivity index (χ2v) is 6.29. The summed E-state index contributed by atoms with van der Waals surface area (Å²) in [6.45, 7) is 0.189. The van der Waals surface area contributed by atoms with E-state index in [9.17, 15) is 27.2 Å². The molecule has 2 heterocycles. The zero-order valence-corrected chi connectivity index (χ0v) is 14.0. The summed E-state index contributed by atoms with van der Waals surface area (Å²) in [6.07, 6.45) is -3.08. The number of nitrogens with zero attached hydrogens (tertiary/aromatic N) is 3. The SMILES string of the molecule is NC(=O)C1CCCN(C(=O)c2cnn(-c3ccc(F)cc3)c2C(F)(F)F)C1. The summed E-state index contributed by atoms with van der Waals surface area (Å²) < 4.78 is 54.6. The van der Waals surface area contributed by atoms with Gasteiger partial charge in [-0.3, -0.25) is 9.59 Å². The second-order valence-electron chi connectivity index (χ2n) is 6.29. The van der Waals surface area contributed by atoms with E-state index < -0.39 is 41.0 Å². The Labute approximate surface area is 151 Å². The molecule has 3 rings (SSSR count). The van der Waals surface area contributed by atoms with Crippen molar-refractivity contribution in [2.45, 2.75) is 19.0 Å². The van der Waals surface area contributed by atoms with Crippen LogP contribution in [0.3, 0.4) is 0 Å². The molecule has 1 aromatic heterocycles. The first kappa shape index (κ1) is 18.9. The van der Waals surface area contributed by atoms with E-state index in [1.54, 1.807) is 0 Å². The molecule has 10 heteroatoms. The monoisotopic (exact) mass is 384 g/mol. The molecule has 144 valence electrons. The molecule has 2 N–H and O–H groups in total. The molecule has 1 aromatic carbocycles. The van der Waals surface area contributed by atoms with Gasteiger partial charge < -0.3 is 10.6 Å². The predicted octanol–water partition coefficient (Wildman–Crippen LogP) is 2.37. The Balaban J connectivity index is 1.99. The van der Waals surface area contributed by atoms with E-state index in [1.807, 2.05) is 0 Å². The Morgan fingerprint density at radius 2 is 1.85 bits per heavy atom. The lowest BCUT2D eigenvalue weighted by atomic mass is 9.97. The summed E-state index contributed by atoms with van der Waals surface area (Å²) in [4.78, 5) is 25.2. The van der Waals surface area contributed by atoms with Gasteiger partial charge in [-0.2, -0.15) is 18.3 Å². The normalized spacial score (nSPS) is 17.8. The maximum atomic E-state index is 13.7. The van der Waals surface area contributed by atoms with Gasteiger partial charge in [0, 0.05) is 13.1 Å². The van der Waals surface area contributed by atoms with Crippen molar-refractivity contribution in [1.29, 1.82) is 0 Å². The minimum atomic E-state index is -4.87. The van der Waals surface area contributed by atoms with Crippen molar-refractivity contribution >= 4 is 11.8 Å². The minimum absolute atomic E-state index is 0.0311. The number of aromatic nitrogens is 2. The highest BCUT2D eigenvalue weighted by Crippen LogP contribution is 2.34. The average Bonchev–Trinajstić information content (AvgIpc) is 3.07. The molecule has 2 amide bonds. The highest BCUT2D eigenvalue weighted by molar-refractivity contribution is 5.96. The number of carbonyl (C=O) groups excluding carboxylic acids is 2. The standard InChI is InChI=1S/C17H16F4N4O2/c18-11-3-5-12(6-4-11)25-14(17(19,20)21)13(8-23-25)16(27)24-7-1-2-10(9-24)15(22)26/h3-6,8,10H,1-2,7,9H2,(H2,22,26). The molecule has 0 saturated carbocycles. The van der Waals surface area contributed by atoms with Crippen LogP contribution in [0.4, 0.5) is 17.6 Å². The molecule has 0 aliphatic carbocycles. The van der Waals surface area contributed by atoms with Gasteiger partial charge in [-0.1, -0.05) is 0 Å². The van der Waals surface area contributed by atoms with E-state index in [4.69, 9.17) is 5.73 Å². The maximum Gasteiger partial charge on any atom is 0.434 e. The lowest BCUT2D eigenvalue weighted by molar-refractivity contribution is -0.143. The minimum Gasteiger partial charge on any atom is -0.369 e. The Morgan fingerprint density at radius 3 is 2.44 bits per heavy atom. The maximum absolute atomic E-state index is 13.7. The lowest BCUT2D eigenvalue weighted by Gasteiger charge is -2.31. The van der Waals surface area contributed by atoms with Crippen LogP contribution in [0.2, 0.25) is 0 Å². The highest BCUT2D eigenvalue weighted by atomic mass is 19.4. The molecule has 1 saturated heterocycles. The molecular weight excluding hydrogens is 368 g/mol. The summed E-state index contributed by atoms with van der Waals surface area (Å²) >= 11 is 0. The Morgan fingerprint density at radius 1 is 1.19 bits per heavy atom. The van der Waals surface area contributed by atoms with Crippen molar-refractivity contribution in [2.24, 2.45) is 11.7 Å². The quantitative estimate of drug-likeness (QED) is 0.825. The van der Waals surface area contributed by atoms with E-state index in [-0.39, 0.29) is 18.8 Å². The van der Waals surface area contributed by atoms with Crippen LogP contribution in [0.5, 0.6) is 0 Å². The Hall–Kier alpha value is -2.91. The number of alkyl halides is 3. The molecule has 0 radical (unpaired) electrons. The fourth-order valence-electron chi connectivity index (χ4n) is 3.12. The number of rotatable bonds is 3. The van der Waals surface area contributed by atoms with Gasteiger partial charge in [-0.25, -0.2) is 9.07 Å². The molecule has 1 atom stereocenters. The number of piperidine rings is 1. The highest BCUT2D eigenvalue weighted by Gasteiger charge is 2.42. The molecule has 0 spiro atoms. The van der Waals surface area contributed by atoms with Gasteiger partial charge >= 0.3 is 6.18 Å². The van der Waals surface area contributed by atoms with Crippen LogP contribution < -0.4 is 5.73 Å². The number of amides is 2. The summed E-state index contributed by atoms with van der Waals surface area (Å²) in [5, 5.41) is 3.69. The van der Waals surface area contributed by atoms with E-state index in [2.05, 4.69) is 5.10 Å². The molecule has 2 aromatic rings. The van der Waals surface area contributed by atoms with Crippen LogP contribution in [-0.2, 0) is 11.0 Å². The number of benzene rings is 1. The molecule has 1 aliphatic heterocycles. The predicted molar refractivity (Wildman–Crippen MR) is 86.3 cm³/mol. The third-order valence-corrected chi connectivity index (χ3v) is 4.45. The van der Waals surface area contributed by atoms with Gasteiger partial charge in [0.15, 0.2) is 5.69 Å².